The SMILES string of the molecule is CCNC(=NCC(=O)Nc1cccnc1)NCC1CCCOC1C(C)(C)C.I. The Morgan fingerprint density at radius 1 is 1.36 bits per heavy atom. The zero-order valence-corrected chi connectivity index (χ0v) is 19.7. The summed E-state index contributed by atoms with van der Waals surface area (Å²) >= 11 is 0. The predicted molar refractivity (Wildman–Crippen MR) is 124 cm³/mol. The van der Waals surface area contributed by atoms with Gasteiger partial charge < -0.3 is 20.7 Å². The molecule has 0 aliphatic carbocycles. The van der Waals surface area contributed by atoms with Gasteiger partial charge in [-0.15, -0.1) is 24.0 Å². The summed E-state index contributed by atoms with van der Waals surface area (Å²) in [4.78, 5) is 20.5. The first kappa shape index (κ1) is 24.6. The van der Waals surface area contributed by atoms with Crippen molar-refractivity contribution in [1.82, 2.24) is 15.6 Å². The normalized spacial score (nSPS) is 20.1. The van der Waals surface area contributed by atoms with Gasteiger partial charge in [-0.2, -0.15) is 0 Å². The van der Waals surface area contributed by atoms with Gasteiger partial charge in [0.15, 0.2) is 5.96 Å². The summed E-state index contributed by atoms with van der Waals surface area (Å²) < 4.78 is 6.04. The second kappa shape index (κ2) is 12.2. The number of rotatable bonds is 6. The first-order chi connectivity index (χ1) is 12.9. The molecule has 1 fully saturated rings. The largest absolute Gasteiger partial charge is 0.377 e. The van der Waals surface area contributed by atoms with Crippen LogP contribution >= 0.6 is 24.0 Å². The van der Waals surface area contributed by atoms with E-state index < -0.39 is 0 Å². The molecular weight excluding hydrogens is 469 g/mol. The van der Waals surface area contributed by atoms with Crippen molar-refractivity contribution in [3.63, 3.8) is 0 Å². The number of hydrogen-bond donors (Lipinski definition) is 3. The molecule has 2 atom stereocenters. The lowest BCUT2D eigenvalue weighted by atomic mass is 9.78. The van der Waals surface area contributed by atoms with E-state index in [9.17, 15) is 4.79 Å². The highest BCUT2D eigenvalue weighted by atomic mass is 127. The first-order valence-electron chi connectivity index (χ1n) is 9.74. The van der Waals surface area contributed by atoms with E-state index in [1.807, 2.05) is 6.92 Å². The lowest BCUT2D eigenvalue weighted by molar-refractivity contribution is -0.114. The van der Waals surface area contributed by atoms with Gasteiger partial charge in [-0.25, -0.2) is 4.99 Å². The molecule has 0 radical (unpaired) electrons. The van der Waals surface area contributed by atoms with Crippen LogP contribution in [0, 0.1) is 11.3 Å². The number of amides is 1. The van der Waals surface area contributed by atoms with Gasteiger partial charge in [0.2, 0.25) is 5.91 Å². The minimum Gasteiger partial charge on any atom is -0.377 e. The van der Waals surface area contributed by atoms with Crippen molar-refractivity contribution >= 4 is 41.5 Å². The molecule has 2 rings (SSSR count). The fourth-order valence-corrected chi connectivity index (χ4v) is 3.37. The maximum Gasteiger partial charge on any atom is 0.246 e. The van der Waals surface area contributed by atoms with Crippen LogP contribution in [0.25, 0.3) is 0 Å². The van der Waals surface area contributed by atoms with Crippen molar-refractivity contribution < 1.29 is 9.53 Å². The molecule has 2 unspecified atom stereocenters. The fraction of sp³-hybridized carbons (Fsp3) is 0.650. The smallest absolute Gasteiger partial charge is 0.246 e. The molecule has 1 saturated heterocycles. The van der Waals surface area contributed by atoms with Crippen LogP contribution in [0.2, 0.25) is 0 Å². The van der Waals surface area contributed by atoms with Crippen LogP contribution in [0.1, 0.15) is 40.5 Å². The van der Waals surface area contributed by atoms with Crippen LogP contribution in [0.5, 0.6) is 0 Å². The topological polar surface area (TPSA) is 87.6 Å². The minimum absolute atomic E-state index is 0. The van der Waals surface area contributed by atoms with Crippen LogP contribution in [0.3, 0.4) is 0 Å². The number of aliphatic imine (C=N–C) groups is 1. The Bertz CT molecular complexity index is 619. The standard InChI is InChI=1S/C20H33N5O2.HI/c1-5-22-19(24-14-17(26)25-16-9-6-10-21-13-16)23-12-15-8-7-11-27-18(15)20(2,3)4;/h6,9-10,13,15,18H,5,7-8,11-12,14H2,1-4H3,(H,25,26)(H2,22,23,24);1H. The van der Waals surface area contributed by atoms with Gasteiger partial charge in [0.1, 0.15) is 6.54 Å². The van der Waals surface area contributed by atoms with E-state index in [0.29, 0.717) is 17.6 Å². The summed E-state index contributed by atoms with van der Waals surface area (Å²) in [6, 6.07) is 3.58. The second-order valence-electron chi connectivity index (χ2n) is 7.93. The molecule has 7 nitrogen and oxygen atoms in total. The molecule has 0 saturated carbocycles. The minimum atomic E-state index is -0.172. The molecule has 28 heavy (non-hydrogen) atoms. The molecule has 1 amide bonds. The molecule has 0 spiro atoms. The molecule has 1 aliphatic rings. The van der Waals surface area contributed by atoms with Crippen molar-refractivity contribution in [2.75, 3.05) is 31.6 Å². The summed E-state index contributed by atoms with van der Waals surface area (Å²) in [5, 5.41) is 9.37. The van der Waals surface area contributed by atoms with E-state index in [0.717, 1.165) is 32.5 Å². The zero-order chi connectivity index (χ0) is 19.7. The number of halogens is 1. The Hall–Kier alpha value is -1.42. The fourth-order valence-electron chi connectivity index (χ4n) is 3.37. The summed E-state index contributed by atoms with van der Waals surface area (Å²) in [6.45, 7) is 11.1. The number of hydrogen-bond acceptors (Lipinski definition) is 4. The maximum absolute atomic E-state index is 12.1. The Balaban J connectivity index is 0.00000392. The van der Waals surface area contributed by atoms with Gasteiger partial charge in [0.25, 0.3) is 0 Å². The molecule has 0 aromatic carbocycles. The number of pyridine rings is 1. The van der Waals surface area contributed by atoms with Crippen molar-refractivity contribution in [3.8, 4) is 0 Å². The van der Waals surface area contributed by atoms with Crippen molar-refractivity contribution in [3.05, 3.63) is 24.5 Å². The second-order valence-corrected chi connectivity index (χ2v) is 7.93. The van der Waals surface area contributed by atoms with E-state index in [2.05, 4.69) is 46.7 Å². The number of aromatic nitrogens is 1. The van der Waals surface area contributed by atoms with Gasteiger partial charge in [0.05, 0.1) is 18.0 Å². The average Bonchev–Trinajstić information content (AvgIpc) is 2.64. The molecule has 1 aromatic heterocycles. The number of nitrogens with one attached hydrogen (secondary N) is 3. The molecular formula is C20H34IN5O2. The molecule has 0 bridgehead atoms. The van der Waals surface area contributed by atoms with Crippen LogP contribution in [-0.2, 0) is 9.53 Å². The summed E-state index contributed by atoms with van der Waals surface area (Å²) in [6.07, 6.45) is 5.72. The third-order valence-electron chi connectivity index (χ3n) is 4.50. The van der Waals surface area contributed by atoms with E-state index >= 15 is 0 Å². The predicted octanol–water partition coefficient (Wildman–Crippen LogP) is 3.03. The zero-order valence-electron chi connectivity index (χ0n) is 17.3. The number of nitrogens with zero attached hydrogens (tertiary/aromatic N) is 2. The number of ether oxygens (including phenoxy) is 1. The van der Waals surface area contributed by atoms with E-state index in [1.54, 1.807) is 24.5 Å². The quantitative estimate of drug-likeness (QED) is 0.316. The third kappa shape index (κ3) is 8.30. The van der Waals surface area contributed by atoms with Gasteiger partial charge in [0, 0.05) is 31.8 Å². The maximum atomic E-state index is 12.1. The van der Waals surface area contributed by atoms with Gasteiger partial charge >= 0.3 is 0 Å². The van der Waals surface area contributed by atoms with E-state index in [-0.39, 0.29) is 47.9 Å². The lowest BCUT2D eigenvalue weighted by Crippen LogP contribution is -2.47. The number of anilines is 1. The Kier molecular flexibility index (Phi) is 10.7. The third-order valence-corrected chi connectivity index (χ3v) is 4.50. The molecule has 1 aliphatic heterocycles. The highest BCUT2D eigenvalue weighted by molar-refractivity contribution is 14.0. The van der Waals surface area contributed by atoms with Crippen LogP contribution in [-0.4, -0.2) is 49.2 Å². The number of carbonyl (C=O) groups excluding carboxylic acids is 1. The molecule has 1 aromatic rings. The van der Waals surface area contributed by atoms with Crippen molar-refractivity contribution in [2.24, 2.45) is 16.3 Å². The number of guanidine groups is 1. The van der Waals surface area contributed by atoms with Gasteiger partial charge in [-0.1, -0.05) is 20.8 Å². The first-order valence-corrected chi connectivity index (χ1v) is 9.74. The summed E-state index contributed by atoms with van der Waals surface area (Å²) in [7, 11) is 0. The number of carbonyl (C=O) groups is 1. The Labute approximate surface area is 185 Å². The van der Waals surface area contributed by atoms with Crippen molar-refractivity contribution in [2.45, 2.75) is 46.6 Å². The van der Waals surface area contributed by atoms with Gasteiger partial charge in [-0.3, -0.25) is 9.78 Å². The Morgan fingerprint density at radius 3 is 2.79 bits per heavy atom. The average molecular weight is 503 g/mol. The molecule has 158 valence electrons. The molecule has 2 heterocycles. The summed E-state index contributed by atoms with van der Waals surface area (Å²) in [5.41, 5.74) is 0.773. The van der Waals surface area contributed by atoms with Crippen LogP contribution in [0.15, 0.2) is 29.5 Å². The van der Waals surface area contributed by atoms with E-state index in [1.165, 1.54) is 0 Å². The summed E-state index contributed by atoms with van der Waals surface area (Å²) in [5.74, 6) is 0.901. The Morgan fingerprint density at radius 2 is 2.14 bits per heavy atom. The highest BCUT2D eigenvalue weighted by Gasteiger charge is 2.35. The highest BCUT2D eigenvalue weighted by Crippen LogP contribution is 2.33. The van der Waals surface area contributed by atoms with Crippen LogP contribution < -0.4 is 16.0 Å². The van der Waals surface area contributed by atoms with E-state index in [4.69, 9.17) is 4.74 Å². The van der Waals surface area contributed by atoms with Crippen molar-refractivity contribution in [1.29, 1.82) is 0 Å². The van der Waals surface area contributed by atoms with Gasteiger partial charge in [-0.05, 0) is 37.3 Å². The molecule has 8 heteroatoms. The molecule has 3 N–H and O–H groups in total. The van der Waals surface area contributed by atoms with Crippen LogP contribution in [0.4, 0.5) is 5.69 Å². The lowest BCUT2D eigenvalue weighted by Gasteiger charge is -2.40. The monoisotopic (exact) mass is 503 g/mol.